The molecule has 0 unspecified atom stereocenters. The molecule has 0 saturated heterocycles. The first kappa shape index (κ1) is 14.7. The summed E-state index contributed by atoms with van der Waals surface area (Å²) >= 11 is 0. The second-order valence-corrected chi connectivity index (χ2v) is 5.13. The number of allylic oxidation sites excluding steroid dienone is 1. The van der Waals surface area contributed by atoms with Gasteiger partial charge in [-0.3, -0.25) is 4.79 Å². The van der Waals surface area contributed by atoms with Gasteiger partial charge in [-0.05, 0) is 13.0 Å². The second-order valence-electron chi connectivity index (χ2n) is 5.13. The van der Waals surface area contributed by atoms with Gasteiger partial charge < -0.3 is 20.5 Å². The van der Waals surface area contributed by atoms with Gasteiger partial charge in [0.2, 0.25) is 11.8 Å². The molecular weight excluding hydrogens is 298 g/mol. The van der Waals surface area contributed by atoms with Crippen molar-refractivity contribution in [2.24, 2.45) is 5.73 Å². The molecular formula is C16H13N3O4. The maximum Gasteiger partial charge on any atom is 0.339 e. The Morgan fingerprint density at radius 3 is 2.78 bits per heavy atom. The van der Waals surface area contributed by atoms with Crippen LogP contribution in [0.3, 0.4) is 0 Å². The highest BCUT2D eigenvalue weighted by Gasteiger charge is 2.59. The molecule has 1 amide bonds. The summed E-state index contributed by atoms with van der Waals surface area (Å²) < 4.78 is 10.1. The number of hydrogen-bond donors (Lipinski definition) is 2. The van der Waals surface area contributed by atoms with E-state index in [0.717, 1.165) is 0 Å². The maximum atomic E-state index is 12.8. The number of amides is 1. The minimum Gasteiger partial charge on any atom is -0.466 e. The Kier molecular flexibility index (Phi) is 3.11. The number of esters is 1. The predicted octanol–water partition coefficient (Wildman–Crippen LogP) is 1.05. The monoisotopic (exact) mass is 311 g/mol. The summed E-state index contributed by atoms with van der Waals surface area (Å²) in [7, 11) is 1.20. The smallest absolute Gasteiger partial charge is 0.339 e. The third kappa shape index (κ3) is 1.69. The van der Waals surface area contributed by atoms with E-state index in [9.17, 15) is 14.9 Å². The molecule has 23 heavy (non-hydrogen) atoms. The zero-order chi connectivity index (χ0) is 16.8. The number of carbonyl (C=O) groups is 2. The number of ether oxygens (including phenoxy) is 2. The van der Waals surface area contributed by atoms with E-state index in [4.69, 9.17) is 15.2 Å². The number of benzene rings is 1. The quantitative estimate of drug-likeness (QED) is 0.749. The van der Waals surface area contributed by atoms with Crippen LogP contribution in [-0.4, -0.2) is 19.0 Å². The van der Waals surface area contributed by atoms with Crippen LogP contribution in [0.15, 0.2) is 47.1 Å². The van der Waals surface area contributed by atoms with E-state index in [-0.39, 0.29) is 22.8 Å². The van der Waals surface area contributed by atoms with Crippen molar-refractivity contribution in [3.05, 3.63) is 52.6 Å². The van der Waals surface area contributed by atoms with Gasteiger partial charge in [0.15, 0.2) is 5.41 Å². The summed E-state index contributed by atoms with van der Waals surface area (Å²) in [5.41, 5.74) is 4.96. The highest BCUT2D eigenvalue weighted by Crippen LogP contribution is 2.51. The third-order valence-electron chi connectivity index (χ3n) is 4.03. The first-order valence-electron chi connectivity index (χ1n) is 6.77. The third-order valence-corrected chi connectivity index (χ3v) is 4.03. The van der Waals surface area contributed by atoms with Crippen molar-refractivity contribution in [2.75, 3.05) is 12.4 Å². The molecule has 2 aliphatic heterocycles. The number of nitrogens with two attached hydrogens (primary N) is 1. The van der Waals surface area contributed by atoms with E-state index >= 15 is 0 Å². The summed E-state index contributed by atoms with van der Waals surface area (Å²) in [5, 5.41) is 12.3. The standard InChI is InChI=1S/C16H13N3O4/c1-8-12(14(20)22-2)16(10(7-17)13(18)23-8)9-5-3-4-6-11(9)19-15(16)21/h3-6H,18H2,1-2H3,(H,19,21)/t16-/m1/s1. The first-order valence-corrected chi connectivity index (χ1v) is 6.77. The van der Waals surface area contributed by atoms with Crippen LogP contribution >= 0.6 is 0 Å². The molecule has 0 radical (unpaired) electrons. The number of nitrogens with zero attached hydrogens (tertiary/aromatic N) is 1. The SMILES string of the molecule is COC(=O)C1=C(C)OC(N)=C(C#N)[C@@]12C(=O)Nc1ccccc12. The van der Waals surface area contributed by atoms with Crippen LogP contribution in [0.2, 0.25) is 0 Å². The van der Waals surface area contributed by atoms with Crippen molar-refractivity contribution in [3.63, 3.8) is 0 Å². The number of carbonyl (C=O) groups excluding carboxylic acids is 2. The second kappa shape index (κ2) is 4.88. The van der Waals surface area contributed by atoms with Crippen molar-refractivity contribution in [3.8, 4) is 6.07 Å². The van der Waals surface area contributed by atoms with E-state index in [1.165, 1.54) is 14.0 Å². The van der Waals surface area contributed by atoms with Gasteiger partial charge in [-0.15, -0.1) is 0 Å². The Morgan fingerprint density at radius 2 is 2.13 bits per heavy atom. The summed E-state index contributed by atoms with van der Waals surface area (Å²) in [6.07, 6.45) is 0. The van der Waals surface area contributed by atoms with Gasteiger partial charge >= 0.3 is 5.97 Å². The van der Waals surface area contributed by atoms with Crippen molar-refractivity contribution in [1.29, 1.82) is 5.26 Å². The van der Waals surface area contributed by atoms with E-state index in [1.54, 1.807) is 24.3 Å². The first-order chi connectivity index (χ1) is 11.0. The number of methoxy groups -OCH3 is 1. The van der Waals surface area contributed by atoms with E-state index in [1.807, 2.05) is 6.07 Å². The molecule has 1 spiro atoms. The summed E-state index contributed by atoms with van der Waals surface area (Å²) in [6.45, 7) is 1.50. The molecule has 7 heteroatoms. The van der Waals surface area contributed by atoms with Crippen LogP contribution in [-0.2, 0) is 24.5 Å². The highest BCUT2D eigenvalue weighted by atomic mass is 16.5. The molecule has 2 aliphatic rings. The molecule has 2 heterocycles. The average Bonchev–Trinajstić information content (AvgIpc) is 2.80. The molecule has 0 bridgehead atoms. The normalized spacial score (nSPS) is 22.4. The Hall–Kier alpha value is -3.27. The van der Waals surface area contributed by atoms with Gasteiger partial charge in [0.25, 0.3) is 0 Å². The number of hydrogen-bond acceptors (Lipinski definition) is 6. The minimum atomic E-state index is -1.66. The molecule has 1 aromatic rings. The molecule has 0 saturated carbocycles. The van der Waals surface area contributed by atoms with Crippen molar-refractivity contribution in [2.45, 2.75) is 12.3 Å². The van der Waals surface area contributed by atoms with E-state index in [0.29, 0.717) is 11.3 Å². The molecule has 3 N–H and O–H groups in total. The topological polar surface area (TPSA) is 114 Å². The number of rotatable bonds is 1. The predicted molar refractivity (Wildman–Crippen MR) is 79.4 cm³/mol. The fourth-order valence-electron chi connectivity index (χ4n) is 3.13. The lowest BCUT2D eigenvalue weighted by molar-refractivity contribution is -0.138. The van der Waals surface area contributed by atoms with Crippen LogP contribution in [0, 0.1) is 11.3 Å². The number of fused-ring (bicyclic) bond motifs is 2. The van der Waals surface area contributed by atoms with Gasteiger partial charge in [0.1, 0.15) is 23.0 Å². The lowest BCUT2D eigenvalue weighted by atomic mass is 9.68. The number of para-hydroxylation sites is 1. The molecule has 0 aliphatic carbocycles. The molecule has 0 aromatic heterocycles. The molecule has 3 rings (SSSR count). The minimum absolute atomic E-state index is 0.0480. The van der Waals surface area contributed by atoms with Crippen LogP contribution in [0.1, 0.15) is 12.5 Å². The fourth-order valence-corrected chi connectivity index (χ4v) is 3.13. The van der Waals surface area contributed by atoms with Crippen molar-refractivity contribution >= 4 is 17.6 Å². The lowest BCUT2D eigenvalue weighted by Crippen LogP contribution is -2.45. The van der Waals surface area contributed by atoms with Gasteiger partial charge in [-0.25, -0.2) is 4.79 Å². The number of nitriles is 1. The zero-order valence-electron chi connectivity index (χ0n) is 12.5. The number of anilines is 1. The molecule has 1 aromatic carbocycles. The fraction of sp³-hybridized carbons (Fsp3) is 0.188. The Labute approximate surface area is 132 Å². The van der Waals surface area contributed by atoms with Gasteiger partial charge in [-0.2, -0.15) is 5.26 Å². The van der Waals surface area contributed by atoms with Gasteiger partial charge in [-0.1, -0.05) is 18.2 Å². The zero-order valence-corrected chi connectivity index (χ0v) is 12.5. The summed E-state index contributed by atoms with van der Waals surface area (Å²) in [6, 6.07) is 8.72. The van der Waals surface area contributed by atoms with E-state index in [2.05, 4.69) is 5.32 Å². The summed E-state index contributed by atoms with van der Waals surface area (Å²) in [5.74, 6) is -1.37. The van der Waals surface area contributed by atoms with Crippen LogP contribution in [0.25, 0.3) is 0 Å². The maximum absolute atomic E-state index is 12.8. The number of nitrogens with one attached hydrogen (secondary N) is 1. The Balaban J connectivity index is 2.44. The molecule has 0 fully saturated rings. The van der Waals surface area contributed by atoms with Crippen LogP contribution in [0.5, 0.6) is 0 Å². The Bertz CT molecular complexity index is 847. The van der Waals surface area contributed by atoms with Crippen LogP contribution < -0.4 is 11.1 Å². The highest BCUT2D eigenvalue weighted by molar-refractivity contribution is 6.17. The molecule has 116 valence electrons. The van der Waals surface area contributed by atoms with Crippen molar-refractivity contribution in [1.82, 2.24) is 0 Å². The lowest BCUT2D eigenvalue weighted by Gasteiger charge is -2.33. The largest absolute Gasteiger partial charge is 0.466 e. The van der Waals surface area contributed by atoms with Gasteiger partial charge in [0, 0.05) is 11.3 Å². The molecule has 7 nitrogen and oxygen atoms in total. The van der Waals surface area contributed by atoms with Crippen LogP contribution in [0.4, 0.5) is 5.69 Å². The Morgan fingerprint density at radius 1 is 1.43 bits per heavy atom. The van der Waals surface area contributed by atoms with Crippen molar-refractivity contribution < 1.29 is 19.1 Å². The van der Waals surface area contributed by atoms with E-state index < -0.39 is 17.3 Å². The van der Waals surface area contributed by atoms with Gasteiger partial charge in [0.05, 0.1) is 7.11 Å². The molecule has 1 atom stereocenters. The average molecular weight is 311 g/mol. The summed E-state index contributed by atoms with van der Waals surface area (Å²) in [4.78, 5) is 25.2.